The first-order chi connectivity index (χ1) is 21.8. The van der Waals surface area contributed by atoms with Gasteiger partial charge in [0, 0.05) is 0 Å². The molecular formula is C29H45N7O10P+. The monoisotopic (exact) mass is 682 g/mol. The predicted molar refractivity (Wildman–Crippen MR) is 168 cm³/mol. The molecule has 1 saturated heterocycles. The molecule has 1 aliphatic rings. The van der Waals surface area contributed by atoms with E-state index >= 15 is 0 Å². The highest BCUT2D eigenvalue weighted by atomic mass is 31.2. The zero-order chi connectivity index (χ0) is 35.5. The topological polar surface area (TPSA) is 242 Å². The molecule has 6 atom stereocenters. The summed E-state index contributed by atoms with van der Waals surface area (Å²) in [4.78, 5) is 53.8. The molecule has 17 nitrogen and oxygen atoms in total. The van der Waals surface area contributed by atoms with Crippen LogP contribution in [-0.2, 0) is 43.5 Å². The molecule has 3 rings (SSSR count). The van der Waals surface area contributed by atoms with Gasteiger partial charge < -0.3 is 29.8 Å². The maximum absolute atomic E-state index is 12.9. The number of nitriles is 1. The van der Waals surface area contributed by atoms with E-state index in [1.165, 1.54) is 37.4 Å². The van der Waals surface area contributed by atoms with Crippen molar-refractivity contribution in [1.29, 1.82) is 5.26 Å². The summed E-state index contributed by atoms with van der Waals surface area (Å²) in [5.74, 6) is -2.66. The van der Waals surface area contributed by atoms with Gasteiger partial charge in [0.2, 0.25) is 5.60 Å². The van der Waals surface area contributed by atoms with E-state index in [2.05, 4.69) is 20.3 Å². The molecular weight excluding hydrogens is 637 g/mol. The molecule has 47 heavy (non-hydrogen) atoms. The van der Waals surface area contributed by atoms with E-state index in [1.807, 2.05) is 6.07 Å². The lowest BCUT2D eigenvalue weighted by atomic mass is 9.80. The number of aromatic nitrogens is 3. The Balaban J connectivity index is 2.04. The number of nitrogens with two attached hydrogens (primary N) is 1. The van der Waals surface area contributed by atoms with Gasteiger partial charge >= 0.3 is 25.9 Å². The fraction of sp³-hybridized carbons (Fsp3) is 0.655. The fourth-order valence-electron chi connectivity index (χ4n) is 4.87. The number of rotatable bonds is 14. The number of anilines is 1. The van der Waals surface area contributed by atoms with Crippen LogP contribution in [0.2, 0.25) is 0 Å². The summed E-state index contributed by atoms with van der Waals surface area (Å²) in [5, 5.41) is 32.1. The number of esters is 3. The minimum Gasteiger partial charge on any atom is -0.462 e. The minimum absolute atomic E-state index is 0.0543. The van der Waals surface area contributed by atoms with Gasteiger partial charge in [-0.2, -0.15) is 19.8 Å². The van der Waals surface area contributed by atoms with Gasteiger partial charge in [0.05, 0.1) is 23.8 Å². The summed E-state index contributed by atoms with van der Waals surface area (Å²) in [6.07, 6.45) is -2.66. The highest BCUT2D eigenvalue weighted by molar-refractivity contribution is 7.61. The molecule has 0 bridgehead atoms. The van der Waals surface area contributed by atoms with Gasteiger partial charge in [-0.05, 0) is 60.6 Å². The van der Waals surface area contributed by atoms with Gasteiger partial charge in [-0.1, -0.05) is 13.8 Å². The van der Waals surface area contributed by atoms with Gasteiger partial charge in [-0.25, -0.2) is 9.50 Å². The molecule has 1 fully saturated rings. The van der Waals surface area contributed by atoms with E-state index in [1.54, 1.807) is 41.5 Å². The third-order valence-corrected chi connectivity index (χ3v) is 9.22. The third kappa shape index (κ3) is 8.15. The lowest BCUT2D eigenvalue weighted by Gasteiger charge is -2.34. The average molecular weight is 683 g/mol. The molecule has 0 aromatic carbocycles. The number of fused-ring (bicyclic) bond motifs is 1. The molecule has 0 aliphatic carbocycles. The maximum Gasteiger partial charge on any atom is 0.430 e. The molecule has 0 amide bonds. The third-order valence-electron chi connectivity index (χ3n) is 7.22. The summed E-state index contributed by atoms with van der Waals surface area (Å²) in [7, 11) is -4.14. The van der Waals surface area contributed by atoms with Crippen LogP contribution in [0.1, 0.15) is 68.0 Å². The Hall–Kier alpha value is -3.49. The summed E-state index contributed by atoms with van der Waals surface area (Å²) < 4.78 is 29.6. The number of hydrogen-bond acceptors (Lipinski definition) is 16. The number of hydrogen-bond donors (Lipinski definition) is 5. The first-order valence-corrected chi connectivity index (χ1v) is 16.8. The van der Waals surface area contributed by atoms with Gasteiger partial charge in [-0.3, -0.25) is 14.4 Å². The molecule has 0 unspecified atom stereocenters. The smallest absolute Gasteiger partial charge is 0.430 e. The Morgan fingerprint density at radius 2 is 1.62 bits per heavy atom. The van der Waals surface area contributed by atoms with E-state index < -0.39 is 86.2 Å². The van der Waals surface area contributed by atoms with Crippen molar-refractivity contribution in [3.05, 3.63) is 24.2 Å². The molecule has 18 heteroatoms. The van der Waals surface area contributed by atoms with Crippen LogP contribution in [0.5, 0.6) is 0 Å². The number of nitrogens with one attached hydrogen (secondary N) is 2. The molecule has 6 N–H and O–H groups in total. The molecule has 260 valence electrons. The standard InChI is InChI=1S/C29H45N7O10P/c1-15(2)25(37)45-23-21(46-29(13-30,28(23,9)40)22-11-10-20-24(31)32-14-33-36(20)22)12-42-47(41,34-18(7)26(38)43-16(3)4)35-19(8)27(39)44-17(5)6/h10-11,14-19,21,23,34-35,40-41H,12H2,1-9H3,(H2,31,32,33)/q+1/t18-,19-,21+,23+,28+,29-/m0/s1. The van der Waals surface area contributed by atoms with Crippen molar-refractivity contribution in [3.8, 4) is 6.07 Å². The number of carbonyl (C=O) groups excluding carboxylic acids is 3. The first kappa shape index (κ1) is 38.0. The van der Waals surface area contributed by atoms with Crippen LogP contribution in [0.15, 0.2) is 18.5 Å². The van der Waals surface area contributed by atoms with Crippen LogP contribution in [0.25, 0.3) is 5.52 Å². The predicted octanol–water partition coefficient (Wildman–Crippen LogP) is 1.29. The second kappa shape index (κ2) is 14.7. The van der Waals surface area contributed by atoms with Crippen LogP contribution in [0.3, 0.4) is 0 Å². The molecule has 2 aromatic rings. The number of ether oxygens (including phenoxy) is 4. The Morgan fingerprint density at radius 3 is 2.11 bits per heavy atom. The molecule has 2 aromatic heterocycles. The van der Waals surface area contributed by atoms with Gasteiger partial charge in [0.1, 0.15) is 48.3 Å². The normalized spacial score (nSPS) is 24.4. The van der Waals surface area contributed by atoms with E-state index in [-0.39, 0.29) is 11.5 Å². The summed E-state index contributed by atoms with van der Waals surface area (Å²) in [5.41, 5.74) is 1.93. The second-order valence-corrected chi connectivity index (χ2v) is 14.2. The Bertz CT molecular complexity index is 1460. The number of aliphatic hydroxyl groups is 1. The lowest BCUT2D eigenvalue weighted by molar-refractivity contribution is -0.168. The van der Waals surface area contributed by atoms with Crippen molar-refractivity contribution < 1.29 is 47.9 Å². The van der Waals surface area contributed by atoms with Crippen LogP contribution in [-0.4, -0.2) is 91.2 Å². The largest absolute Gasteiger partial charge is 0.462 e. The summed E-state index contributed by atoms with van der Waals surface area (Å²) in [6, 6.07) is 2.77. The van der Waals surface area contributed by atoms with Gasteiger partial charge in [0.25, 0.3) is 0 Å². The summed E-state index contributed by atoms with van der Waals surface area (Å²) in [6.45, 7) is 13.3. The Morgan fingerprint density at radius 1 is 1.06 bits per heavy atom. The quantitative estimate of drug-likeness (QED) is 0.107. The van der Waals surface area contributed by atoms with Gasteiger partial charge in [0.15, 0.2) is 11.9 Å². The molecule has 0 saturated carbocycles. The van der Waals surface area contributed by atoms with E-state index in [0.717, 1.165) is 6.33 Å². The van der Waals surface area contributed by atoms with Crippen molar-refractivity contribution in [1.82, 2.24) is 24.8 Å². The lowest BCUT2D eigenvalue weighted by Crippen LogP contribution is -2.54. The van der Waals surface area contributed by atoms with Crippen LogP contribution >= 0.6 is 8.02 Å². The first-order valence-electron chi connectivity index (χ1n) is 15.1. The van der Waals surface area contributed by atoms with Gasteiger partial charge in [-0.15, -0.1) is 10.2 Å². The minimum atomic E-state index is -4.14. The Labute approximate surface area is 273 Å². The number of nitrogen functional groups attached to an aromatic ring is 1. The molecule has 3 heterocycles. The van der Waals surface area contributed by atoms with Crippen molar-refractivity contribution in [3.63, 3.8) is 0 Å². The summed E-state index contributed by atoms with van der Waals surface area (Å²) >= 11 is 0. The van der Waals surface area contributed by atoms with Crippen molar-refractivity contribution in [2.24, 2.45) is 5.92 Å². The number of nitrogens with zero attached hydrogens (tertiary/aromatic N) is 4. The average Bonchev–Trinajstić information content (AvgIpc) is 3.49. The van der Waals surface area contributed by atoms with Crippen LogP contribution < -0.4 is 15.9 Å². The zero-order valence-electron chi connectivity index (χ0n) is 28.0. The maximum atomic E-state index is 12.9. The van der Waals surface area contributed by atoms with Crippen LogP contribution in [0.4, 0.5) is 5.82 Å². The second-order valence-electron chi connectivity index (χ2n) is 12.3. The zero-order valence-corrected chi connectivity index (χ0v) is 28.8. The Kier molecular flexibility index (Phi) is 11.9. The SMILES string of the molecule is CC(C)OC(=O)[C@H](C)N[P+](O)(N[C@@H](C)C(=O)OC(C)C)OC[C@H]1O[C@@](C#N)(c2ccc3c(N)ncnn23)[C@](C)(O)[C@@H]1OC(=O)C(C)C. The van der Waals surface area contributed by atoms with Crippen molar-refractivity contribution in [2.45, 2.75) is 110 Å². The highest BCUT2D eigenvalue weighted by Crippen LogP contribution is 2.52. The van der Waals surface area contributed by atoms with Crippen molar-refractivity contribution in [2.75, 3.05) is 12.3 Å². The van der Waals surface area contributed by atoms with Crippen LogP contribution in [0, 0.1) is 17.2 Å². The fourth-order valence-corrected chi connectivity index (χ4v) is 6.72. The highest BCUT2D eigenvalue weighted by Gasteiger charge is 2.68. The molecule has 1 aliphatic heterocycles. The number of carbonyl (C=O) groups is 3. The molecule has 0 spiro atoms. The van der Waals surface area contributed by atoms with Crippen molar-refractivity contribution >= 4 is 37.3 Å². The molecule has 0 radical (unpaired) electrons. The van der Waals surface area contributed by atoms with E-state index in [0.29, 0.717) is 5.52 Å². The van der Waals surface area contributed by atoms with E-state index in [4.69, 9.17) is 29.2 Å². The van der Waals surface area contributed by atoms with E-state index in [9.17, 15) is 29.6 Å².